The van der Waals surface area contributed by atoms with Gasteiger partial charge in [0.2, 0.25) is 6.33 Å². The second-order valence-corrected chi connectivity index (χ2v) is 6.12. The summed E-state index contributed by atoms with van der Waals surface area (Å²) in [6.45, 7) is 2.15. The van der Waals surface area contributed by atoms with Crippen molar-refractivity contribution in [3.05, 3.63) is 54.6 Å². The second kappa shape index (κ2) is 4.15. The summed E-state index contributed by atoms with van der Waals surface area (Å²) >= 11 is 1.85. The number of aryl methyl sites for hydroxylation is 2. The zero-order valence-corrected chi connectivity index (χ0v) is 12.2. The van der Waals surface area contributed by atoms with Crippen LogP contribution < -0.4 is 4.68 Å². The van der Waals surface area contributed by atoms with E-state index in [1.807, 2.05) is 35.7 Å². The fourth-order valence-electron chi connectivity index (χ4n) is 2.67. The van der Waals surface area contributed by atoms with Crippen LogP contribution in [0.5, 0.6) is 0 Å². The van der Waals surface area contributed by atoms with Crippen LogP contribution in [-0.2, 0) is 7.05 Å². The van der Waals surface area contributed by atoms with Crippen LogP contribution in [0, 0.1) is 6.92 Å². The minimum atomic E-state index is 1.18. The Morgan fingerprint density at radius 2 is 1.95 bits per heavy atom. The quantitative estimate of drug-likeness (QED) is 0.490. The summed E-state index contributed by atoms with van der Waals surface area (Å²) < 4.78 is 6.74. The van der Waals surface area contributed by atoms with E-state index in [1.54, 1.807) is 0 Å². The number of benzene rings is 2. The predicted molar refractivity (Wildman–Crippen MR) is 82.4 cm³/mol. The lowest BCUT2D eigenvalue weighted by Crippen LogP contribution is -2.37. The highest BCUT2D eigenvalue weighted by molar-refractivity contribution is 7.25. The molecule has 0 aliphatic carbocycles. The Bertz CT molecular complexity index is 933. The lowest BCUT2D eigenvalue weighted by atomic mass is 10.1. The van der Waals surface area contributed by atoms with E-state index in [9.17, 15) is 0 Å². The summed E-state index contributed by atoms with van der Waals surface area (Å²) in [5.41, 5.74) is 2.44. The maximum absolute atomic E-state index is 4.20. The largest absolute Gasteiger partial charge is 0.306 e. The van der Waals surface area contributed by atoms with Gasteiger partial charge in [-0.15, -0.1) is 16.0 Å². The monoisotopic (exact) mass is 280 g/mol. The molecule has 20 heavy (non-hydrogen) atoms. The molecule has 0 bridgehead atoms. The molecule has 98 valence electrons. The van der Waals surface area contributed by atoms with Gasteiger partial charge in [0.05, 0.1) is 5.69 Å². The van der Waals surface area contributed by atoms with Crippen LogP contribution in [0.2, 0.25) is 0 Å². The second-order valence-electron chi connectivity index (χ2n) is 5.03. The molecule has 4 heteroatoms. The summed E-state index contributed by atoms with van der Waals surface area (Å²) in [6, 6.07) is 13.1. The lowest BCUT2D eigenvalue weighted by molar-refractivity contribution is -0.745. The molecular weight excluding hydrogens is 266 g/mol. The molecular formula is C16H14N3S+. The zero-order chi connectivity index (χ0) is 13.7. The minimum Gasteiger partial charge on any atom is -0.155 e. The molecule has 0 radical (unpaired) electrons. The van der Waals surface area contributed by atoms with Crippen LogP contribution in [0.25, 0.3) is 25.9 Å². The average molecular weight is 280 g/mol. The molecule has 0 saturated carbocycles. The molecule has 0 atom stereocenters. The molecule has 0 fully saturated rings. The lowest BCUT2D eigenvalue weighted by Gasteiger charge is -2.06. The highest BCUT2D eigenvalue weighted by Crippen LogP contribution is 2.35. The summed E-state index contributed by atoms with van der Waals surface area (Å²) in [6.07, 6.45) is 3.66. The molecule has 0 aliphatic rings. The van der Waals surface area contributed by atoms with Crippen molar-refractivity contribution in [1.82, 2.24) is 9.67 Å². The summed E-state index contributed by atoms with van der Waals surface area (Å²) in [5, 5.41) is 2.65. The third kappa shape index (κ3) is 1.58. The molecule has 2 aromatic carbocycles. The Hall–Kier alpha value is -2.20. The Labute approximate surface area is 120 Å². The zero-order valence-electron chi connectivity index (χ0n) is 11.4. The fraction of sp³-hybridized carbons (Fsp3) is 0.125. The highest BCUT2D eigenvalue weighted by Gasteiger charge is 2.12. The summed E-state index contributed by atoms with van der Waals surface area (Å²) in [4.78, 5) is 4.20. The molecule has 2 aromatic heterocycles. The van der Waals surface area contributed by atoms with Crippen molar-refractivity contribution in [1.29, 1.82) is 0 Å². The number of hydrogen-bond donors (Lipinski definition) is 0. The van der Waals surface area contributed by atoms with Crippen LogP contribution in [-0.4, -0.2) is 9.67 Å². The Morgan fingerprint density at radius 1 is 1.10 bits per heavy atom. The van der Waals surface area contributed by atoms with Gasteiger partial charge in [-0.1, -0.05) is 18.2 Å². The Balaban J connectivity index is 2.10. The van der Waals surface area contributed by atoms with Crippen LogP contribution in [0.3, 0.4) is 0 Å². The Morgan fingerprint density at radius 3 is 2.75 bits per heavy atom. The summed E-state index contributed by atoms with van der Waals surface area (Å²) in [7, 11) is 2.00. The minimum absolute atomic E-state index is 1.18. The number of hydrogen-bond acceptors (Lipinski definition) is 2. The van der Waals surface area contributed by atoms with Gasteiger partial charge < -0.3 is 0 Å². The van der Waals surface area contributed by atoms with Crippen molar-refractivity contribution in [3.63, 3.8) is 0 Å². The normalized spacial score (nSPS) is 11.5. The molecule has 3 nitrogen and oxygen atoms in total. The van der Waals surface area contributed by atoms with Crippen molar-refractivity contribution in [2.24, 2.45) is 7.05 Å². The van der Waals surface area contributed by atoms with Gasteiger partial charge in [-0.3, -0.25) is 0 Å². The van der Waals surface area contributed by atoms with Gasteiger partial charge in [0, 0.05) is 20.2 Å². The van der Waals surface area contributed by atoms with Crippen LogP contribution >= 0.6 is 11.3 Å². The first-order valence-electron chi connectivity index (χ1n) is 6.54. The third-order valence-corrected chi connectivity index (χ3v) is 4.83. The number of aromatic nitrogens is 3. The van der Waals surface area contributed by atoms with Gasteiger partial charge in [0.25, 0.3) is 0 Å². The van der Waals surface area contributed by atoms with Gasteiger partial charge in [-0.25, -0.2) is 0 Å². The SMILES string of the molecule is Cc1cc2sc3ccccc3c2cc1-n1cnc[n+]1C. The highest BCUT2D eigenvalue weighted by atomic mass is 32.1. The number of nitrogens with zero attached hydrogens (tertiary/aromatic N) is 3. The van der Waals surface area contributed by atoms with Gasteiger partial charge in [0.1, 0.15) is 7.05 Å². The van der Waals surface area contributed by atoms with E-state index in [1.165, 1.54) is 31.4 Å². The average Bonchev–Trinajstić information content (AvgIpc) is 3.01. The van der Waals surface area contributed by atoms with Crippen molar-refractivity contribution >= 4 is 31.5 Å². The molecule has 0 spiro atoms. The van der Waals surface area contributed by atoms with Gasteiger partial charge in [-0.05, 0) is 35.7 Å². The number of rotatable bonds is 1. The standard InChI is InChI=1S/C16H14N3S/c1-11-7-16-13(12-5-3-4-6-15(12)20-16)8-14(11)19-10-17-9-18(19)2/h3-10H,1-2H3/q+1. The number of fused-ring (bicyclic) bond motifs is 3. The van der Waals surface area contributed by atoms with E-state index in [-0.39, 0.29) is 0 Å². The third-order valence-electron chi connectivity index (χ3n) is 3.69. The molecule has 4 aromatic rings. The first-order chi connectivity index (χ1) is 9.74. The summed E-state index contributed by atoms with van der Waals surface area (Å²) in [5.74, 6) is 0. The van der Waals surface area contributed by atoms with Crippen molar-refractivity contribution in [2.75, 3.05) is 0 Å². The van der Waals surface area contributed by atoms with E-state index in [0.717, 1.165) is 0 Å². The van der Waals surface area contributed by atoms with Crippen molar-refractivity contribution in [2.45, 2.75) is 6.92 Å². The fourth-order valence-corrected chi connectivity index (χ4v) is 3.85. The van der Waals surface area contributed by atoms with E-state index in [4.69, 9.17) is 0 Å². The van der Waals surface area contributed by atoms with E-state index < -0.39 is 0 Å². The van der Waals surface area contributed by atoms with Gasteiger partial charge >= 0.3 is 6.33 Å². The van der Waals surface area contributed by atoms with Crippen LogP contribution in [0.4, 0.5) is 0 Å². The van der Waals surface area contributed by atoms with Gasteiger partial charge in [-0.2, -0.15) is 4.68 Å². The molecule has 0 unspecified atom stereocenters. The van der Waals surface area contributed by atoms with Gasteiger partial charge in [0.15, 0.2) is 0 Å². The maximum Gasteiger partial charge on any atom is 0.306 e. The molecule has 2 heterocycles. The first-order valence-corrected chi connectivity index (χ1v) is 7.36. The van der Waals surface area contributed by atoms with E-state index in [0.29, 0.717) is 0 Å². The maximum atomic E-state index is 4.20. The molecule has 0 amide bonds. The topological polar surface area (TPSA) is 21.7 Å². The van der Waals surface area contributed by atoms with Crippen molar-refractivity contribution in [3.8, 4) is 5.69 Å². The molecule has 0 N–H and O–H groups in total. The van der Waals surface area contributed by atoms with Crippen molar-refractivity contribution < 1.29 is 4.68 Å². The molecule has 0 saturated heterocycles. The molecule has 4 rings (SSSR count). The van der Waals surface area contributed by atoms with E-state index >= 15 is 0 Å². The Kier molecular flexibility index (Phi) is 2.41. The van der Waals surface area contributed by atoms with Crippen LogP contribution in [0.1, 0.15) is 5.56 Å². The van der Waals surface area contributed by atoms with E-state index in [2.05, 4.69) is 53.0 Å². The molecule has 0 aliphatic heterocycles. The predicted octanol–water partition coefficient (Wildman–Crippen LogP) is 3.37. The first kappa shape index (κ1) is 11.6. The van der Waals surface area contributed by atoms with Crippen LogP contribution in [0.15, 0.2) is 49.1 Å². The number of thiophene rings is 1. The smallest absolute Gasteiger partial charge is 0.155 e.